The highest BCUT2D eigenvalue weighted by atomic mass is 35.5. The number of hydrogen-bond acceptors (Lipinski definition) is 3. The zero-order valence-electron chi connectivity index (χ0n) is 10.4. The highest BCUT2D eigenvalue weighted by Gasteiger charge is 2.38. The van der Waals surface area contributed by atoms with Crippen molar-refractivity contribution >= 4 is 22.4 Å². The summed E-state index contributed by atoms with van der Waals surface area (Å²) in [5.41, 5.74) is 0.480. The topological polar surface area (TPSA) is 58.2 Å². The molecule has 2 rings (SSSR count). The quantitative estimate of drug-likeness (QED) is 0.820. The molecule has 0 bridgehead atoms. The summed E-state index contributed by atoms with van der Waals surface area (Å²) in [4.78, 5) is 0. The van der Waals surface area contributed by atoms with E-state index in [-0.39, 0.29) is 24.2 Å². The summed E-state index contributed by atoms with van der Waals surface area (Å²) in [5.74, 6) is 0.191. The van der Waals surface area contributed by atoms with E-state index in [1.54, 1.807) is 6.92 Å². The summed E-state index contributed by atoms with van der Waals surface area (Å²) in [6, 6.07) is 0.177. The minimum absolute atomic E-state index is 0. The van der Waals surface area contributed by atoms with Crippen LogP contribution in [0, 0.1) is 5.41 Å². The molecule has 1 aliphatic heterocycles. The van der Waals surface area contributed by atoms with Crippen molar-refractivity contribution in [3.63, 3.8) is 0 Å². The van der Waals surface area contributed by atoms with Gasteiger partial charge in [0.1, 0.15) is 0 Å². The van der Waals surface area contributed by atoms with Crippen LogP contribution in [0.4, 0.5) is 0 Å². The van der Waals surface area contributed by atoms with Crippen molar-refractivity contribution in [1.29, 1.82) is 0 Å². The molecule has 0 atom stereocenters. The Balaban J connectivity index is 0.00000144. The van der Waals surface area contributed by atoms with E-state index >= 15 is 0 Å². The second kappa shape index (κ2) is 5.87. The lowest BCUT2D eigenvalue weighted by Crippen LogP contribution is -2.41. The SMILES string of the molecule is CCS(=O)(=O)NC1CCC2(CCNC2)CC1.Cl. The average molecular weight is 283 g/mol. The van der Waals surface area contributed by atoms with Crippen molar-refractivity contribution < 1.29 is 8.42 Å². The van der Waals surface area contributed by atoms with E-state index < -0.39 is 10.0 Å². The average Bonchev–Trinajstić information content (AvgIpc) is 2.71. The van der Waals surface area contributed by atoms with Crippen LogP contribution >= 0.6 is 12.4 Å². The number of rotatable bonds is 3. The van der Waals surface area contributed by atoms with Crippen LogP contribution < -0.4 is 10.0 Å². The van der Waals surface area contributed by atoms with Crippen LogP contribution in [0.25, 0.3) is 0 Å². The number of nitrogens with one attached hydrogen (secondary N) is 2. The minimum Gasteiger partial charge on any atom is -0.316 e. The van der Waals surface area contributed by atoms with E-state index in [0.29, 0.717) is 5.41 Å². The van der Waals surface area contributed by atoms with Gasteiger partial charge in [-0.3, -0.25) is 0 Å². The number of hydrogen-bond donors (Lipinski definition) is 2. The summed E-state index contributed by atoms with van der Waals surface area (Å²) in [6.45, 7) is 3.94. The standard InChI is InChI=1S/C11H22N2O2S.ClH/c1-2-16(14,15)13-10-3-5-11(6-4-10)7-8-12-9-11;/h10,12-13H,2-9H2,1H3;1H. The minimum atomic E-state index is -3.02. The van der Waals surface area contributed by atoms with Gasteiger partial charge in [0.15, 0.2) is 0 Å². The zero-order valence-corrected chi connectivity index (χ0v) is 12.0. The van der Waals surface area contributed by atoms with Crippen LogP contribution in [0.15, 0.2) is 0 Å². The fraction of sp³-hybridized carbons (Fsp3) is 1.00. The van der Waals surface area contributed by atoms with Crippen LogP contribution in [0.3, 0.4) is 0 Å². The fourth-order valence-electron chi connectivity index (χ4n) is 2.91. The summed E-state index contributed by atoms with van der Waals surface area (Å²) in [6.07, 6.45) is 5.59. The van der Waals surface area contributed by atoms with Crippen molar-refractivity contribution in [1.82, 2.24) is 10.0 Å². The highest BCUT2D eigenvalue weighted by molar-refractivity contribution is 7.89. The maximum atomic E-state index is 11.5. The molecule has 0 aromatic heterocycles. The Kier molecular flexibility index (Phi) is 5.25. The normalized spacial score (nSPS) is 33.6. The largest absolute Gasteiger partial charge is 0.316 e. The predicted octanol–water partition coefficient (Wildman–Crippen LogP) is 1.27. The predicted molar refractivity (Wildman–Crippen MR) is 72.0 cm³/mol. The molecule has 2 fully saturated rings. The van der Waals surface area contributed by atoms with Gasteiger partial charge in [0, 0.05) is 12.6 Å². The van der Waals surface area contributed by atoms with Gasteiger partial charge in [-0.05, 0) is 51.0 Å². The molecule has 0 radical (unpaired) electrons. The lowest BCUT2D eigenvalue weighted by atomic mass is 9.72. The van der Waals surface area contributed by atoms with Crippen LogP contribution in [0.2, 0.25) is 0 Å². The summed E-state index contributed by atoms with van der Waals surface area (Å²) >= 11 is 0. The van der Waals surface area contributed by atoms with Crippen molar-refractivity contribution in [2.24, 2.45) is 5.41 Å². The molecule has 1 spiro atoms. The van der Waals surface area contributed by atoms with Gasteiger partial charge < -0.3 is 5.32 Å². The van der Waals surface area contributed by atoms with Crippen molar-refractivity contribution in [2.75, 3.05) is 18.8 Å². The van der Waals surface area contributed by atoms with E-state index in [0.717, 1.165) is 38.8 Å². The smallest absolute Gasteiger partial charge is 0.211 e. The van der Waals surface area contributed by atoms with Gasteiger partial charge >= 0.3 is 0 Å². The van der Waals surface area contributed by atoms with E-state index in [4.69, 9.17) is 0 Å². The van der Waals surface area contributed by atoms with E-state index in [9.17, 15) is 8.42 Å². The molecule has 0 amide bonds. The van der Waals surface area contributed by atoms with Gasteiger partial charge in [-0.2, -0.15) is 0 Å². The lowest BCUT2D eigenvalue weighted by Gasteiger charge is -2.36. The van der Waals surface area contributed by atoms with Crippen LogP contribution in [0.1, 0.15) is 39.0 Å². The molecular formula is C11H23ClN2O2S. The highest BCUT2D eigenvalue weighted by Crippen LogP contribution is 2.40. The van der Waals surface area contributed by atoms with Crippen molar-refractivity contribution in [3.8, 4) is 0 Å². The Morgan fingerprint density at radius 3 is 2.41 bits per heavy atom. The third-order valence-corrected chi connectivity index (χ3v) is 5.56. The maximum absolute atomic E-state index is 11.5. The summed E-state index contributed by atoms with van der Waals surface area (Å²) < 4.78 is 25.7. The first kappa shape index (κ1) is 15.2. The second-order valence-electron chi connectivity index (χ2n) is 5.22. The molecular weight excluding hydrogens is 260 g/mol. The first-order chi connectivity index (χ1) is 7.55. The molecule has 1 saturated heterocycles. The van der Waals surface area contributed by atoms with Gasteiger partial charge in [0.2, 0.25) is 10.0 Å². The van der Waals surface area contributed by atoms with Crippen LogP contribution in [0.5, 0.6) is 0 Å². The Labute approximate surface area is 110 Å². The Bertz CT molecular complexity index is 329. The third kappa shape index (κ3) is 3.81. The molecule has 0 aromatic rings. The third-order valence-electron chi connectivity index (χ3n) is 4.10. The van der Waals surface area contributed by atoms with Gasteiger partial charge in [0.05, 0.1) is 5.75 Å². The molecule has 4 nitrogen and oxygen atoms in total. The van der Waals surface area contributed by atoms with Crippen LogP contribution in [-0.2, 0) is 10.0 Å². The monoisotopic (exact) mass is 282 g/mol. The van der Waals surface area contributed by atoms with Crippen molar-refractivity contribution in [2.45, 2.75) is 45.1 Å². The van der Waals surface area contributed by atoms with Gasteiger partial charge in [0.25, 0.3) is 0 Å². The van der Waals surface area contributed by atoms with E-state index in [1.165, 1.54) is 6.42 Å². The maximum Gasteiger partial charge on any atom is 0.211 e. The molecule has 2 aliphatic rings. The molecule has 1 heterocycles. The van der Waals surface area contributed by atoms with Gasteiger partial charge in [-0.1, -0.05) is 0 Å². The van der Waals surface area contributed by atoms with Crippen molar-refractivity contribution in [3.05, 3.63) is 0 Å². The van der Waals surface area contributed by atoms with E-state index in [1.807, 2.05) is 0 Å². The Hall–Kier alpha value is 0.160. The summed E-state index contributed by atoms with van der Waals surface area (Å²) in [7, 11) is -3.02. The molecule has 1 saturated carbocycles. The molecule has 2 N–H and O–H groups in total. The van der Waals surface area contributed by atoms with E-state index in [2.05, 4.69) is 10.0 Å². The second-order valence-corrected chi connectivity index (χ2v) is 7.26. The molecule has 1 aliphatic carbocycles. The molecule has 6 heteroatoms. The number of sulfonamides is 1. The molecule has 0 unspecified atom stereocenters. The Morgan fingerprint density at radius 1 is 1.29 bits per heavy atom. The molecule has 17 heavy (non-hydrogen) atoms. The van der Waals surface area contributed by atoms with Gasteiger partial charge in [-0.25, -0.2) is 13.1 Å². The molecule has 0 aromatic carbocycles. The number of halogens is 1. The van der Waals surface area contributed by atoms with Crippen LogP contribution in [-0.4, -0.2) is 33.3 Å². The zero-order chi connectivity index (χ0) is 11.6. The first-order valence-electron chi connectivity index (χ1n) is 6.26. The van der Waals surface area contributed by atoms with Gasteiger partial charge in [-0.15, -0.1) is 12.4 Å². The first-order valence-corrected chi connectivity index (χ1v) is 7.91. The summed E-state index contributed by atoms with van der Waals surface area (Å²) in [5, 5.41) is 3.42. The Morgan fingerprint density at radius 2 is 1.94 bits per heavy atom. The fourth-order valence-corrected chi connectivity index (χ4v) is 3.82. The molecule has 102 valence electrons. The lowest BCUT2D eigenvalue weighted by molar-refractivity contribution is 0.194.